The Balaban J connectivity index is 0.000000605. The maximum Gasteiger partial charge on any atom is 0.126 e. The monoisotopic (exact) mass is 286 g/mol. The van der Waals surface area contributed by atoms with Crippen LogP contribution >= 0.6 is 0 Å². The molecular formula is C9H8FeMoO. The molecule has 2 rings (SSSR count). The van der Waals surface area contributed by atoms with Gasteiger partial charge in [-0.05, 0) is 12.1 Å². The van der Waals surface area contributed by atoms with Crippen LogP contribution in [0.4, 0.5) is 0 Å². The molecule has 0 saturated carbocycles. The first-order chi connectivity index (χ1) is 4.97. The molecule has 12 heavy (non-hydrogen) atoms. The summed E-state index contributed by atoms with van der Waals surface area (Å²) in [5.41, 5.74) is 1.17. The van der Waals surface area contributed by atoms with Crippen molar-refractivity contribution >= 4 is 6.08 Å². The fraction of sp³-hybridized carbons (Fsp3) is 0.111. The fourth-order valence-corrected chi connectivity index (χ4v) is 1.06. The summed E-state index contributed by atoms with van der Waals surface area (Å²) in [5, 5.41) is 0. The Hall–Kier alpha value is -0.0322. The van der Waals surface area contributed by atoms with Crippen LogP contribution in [0, 0.1) is 0 Å². The molecule has 0 bridgehead atoms. The Morgan fingerprint density at radius 1 is 1.17 bits per heavy atom. The van der Waals surface area contributed by atoms with Crippen LogP contribution in [0.2, 0.25) is 0 Å². The second-order valence-electron chi connectivity index (χ2n) is 2.25. The van der Waals surface area contributed by atoms with E-state index in [4.69, 9.17) is 4.74 Å². The van der Waals surface area contributed by atoms with Gasteiger partial charge in [-0.25, -0.2) is 0 Å². The summed E-state index contributed by atoms with van der Waals surface area (Å²) < 4.78 is 5.34. The average molecular weight is 284 g/mol. The zero-order valence-electron chi connectivity index (χ0n) is 6.34. The quantitative estimate of drug-likeness (QED) is 0.663. The summed E-state index contributed by atoms with van der Waals surface area (Å²) in [6, 6.07) is 8.03. The Bertz CT molecular complexity index is 273. The van der Waals surface area contributed by atoms with Gasteiger partial charge in [-0.2, -0.15) is 0 Å². The molecule has 0 spiro atoms. The number of hydrogen-bond acceptors (Lipinski definition) is 1. The van der Waals surface area contributed by atoms with Gasteiger partial charge in [-0.15, -0.1) is 0 Å². The first-order valence-corrected chi connectivity index (χ1v) is 3.35. The third-order valence-electron chi connectivity index (χ3n) is 1.55. The Kier molecular flexibility index (Phi) is 5.57. The minimum absolute atomic E-state index is 0. The molecule has 0 unspecified atom stereocenters. The molecule has 0 atom stereocenters. The predicted octanol–water partition coefficient (Wildman–Crippen LogP) is 2.09. The number of para-hydroxylation sites is 1. The molecule has 1 aromatic rings. The maximum absolute atomic E-state index is 5.34. The van der Waals surface area contributed by atoms with Crippen LogP contribution in [0.1, 0.15) is 5.56 Å². The summed E-state index contributed by atoms with van der Waals surface area (Å²) in [6.45, 7) is 0.705. The van der Waals surface area contributed by atoms with Crippen molar-refractivity contribution in [1.82, 2.24) is 0 Å². The van der Waals surface area contributed by atoms with Crippen LogP contribution in [0.15, 0.2) is 30.3 Å². The van der Waals surface area contributed by atoms with Crippen LogP contribution < -0.4 is 4.74 Å². The zero-order chi connectivity index (χ0) is 6.81. The smallest absolute Gasteiger partial charge is 0.126 e. The van der Waals surface area contributed by atoms with Gasteiger partial charge in [0.15, 0.2) is 0 Å². The van der Waals surface area contributed by atoms with Crippen molar-refractivity contribution in [2.75, 3.05) is 6.61 Å². The first kappa shape index (κ1) is 12.0. The van der Waals surface area contributed by atoms with E-state index in [2.05, 4.69) is 6.08 Å². The van der Waals surface area contributed by atoms with E-state index in [1.165, 1.54) is 5.56 Å². The standard InChI is InChI=1S/C9H8O.Fe.Mo/c1-2-6-9-8(4-1)5-3-7-10-9;;/h1-6H,7H2;;. The number of benzene rings is 1. The average Bonchev–Trinajstić information content (AvgIpc) is 2.05. The van der Waals surface area contributed by atoms with Gasteiger partial charge < -0.3 is 4.74 Å². The molecular weight excluding hydrogens is 276 g/mol. The molecule has 0 aromatic heterocycles. The van der Waals surface area contributed by atoms with Gasteiger partial charge >= 0.3 is 0 Å². The zero-order valence-corrected chi connectivity index (χ0v) is 9.45. The number of rotatable bonds is 0. The van der Waals surface area contributed by atoms with Crippen molar-refractivity contribution in [3.05, 3.63) is 35.9 Å². The Labute approximate surface area is 96.9 Å². The summed E-state index contributed by atoms with van der Waals surface area (Å²) in [4.78, 5) is 0. The van der Waals surface area contributed by atoms with Gasteiger partial charge in [-0.3, -0.25) is 0 Å². The number of hydrogen-bond donors (Lipinski definition) is 0. The fourth-order valence-electron chi connectivity index (χ4n) is 1.06. The molecule has 64 valence electrons. The summed E-state index contributed by atoms with van der Waals surface area (Å²) >= 11 is 0. The van der Waals surface area contributed by atoms with Gasteiger partial charge in [0.1, 0.15) is 12.4 Å². The minimum atomic E-state index is 0. The van der Waals surface area contributed by atoms with Crippen molar-refractivity contribution in [3.8, 4) is 5.75 Å². The Morgan fingerprint density at radius 3 is 2.67 bits per heavy atom. The van der Waals surface area contributed by atoms with Gasteiger partial charge in [0, 0.05) is 43.7 Å². The van der Waals surface area contributed by atoms with Crippen LogP contribution in [0.25, 0.3) is 6.08 Å². The van der Waals surface area contributed by atoms with Gasteiger partial charge in [0.05, 0.1) is 0 Å². The topological polar surface area (TPSA) is 9.23 Å². The van der Waals surface area contributed by atoms with E-state index in [1.54, 1.807) is 0 Å². The van der Waals surface area contributed by atoms with Crippen LogP contribution in [0.5, 0.6) is 5.75 Å². The molecule has 1 aliphatic heterocycles. The van der Waals surface area contributed by atoms with E-state index in [9.17, 15) is 0 Å². The molecule has 1 aromatic carbocycles. The van der Waals surface area contributed by atoms with Gasteiger partial charge in [-0.1, -0.05) is 24.3 Å². The van der Waals surface area contributed by atoms with E-state index in [0.29, 0.717) is 6.61 Å². The molecule has 1 nitrogen and oxygen atoms in total. The van der Waals surface area contributed by atoms with Crippen molar-refractivity contribution < 1.29 is 42.9 Å². The number of ether oxygens (including phenoxy) is 1. The predicted molar refractivity (Wildman–Crippen MR) is 41.0 cm³/mol. The van der Waals surface area contributed by atoms with E-state index in [1.807, 2.05) is 30.3 Å². The van der Waals surface area contributed by atoms with Crippen molar-refractivity contribution in [1.29, 1.82) is 0 Å². The molecule has 0 aliphatic carbocycles. The summed E-state index contributed by atoms with van der Waals surface area (Å²) in [6.07, 6.45) is 4.10. The second-order valence-corrected chi connectivity index (χ2v) is 2.25. The number of fused-ring (bicyclic) bond motifs is 1. The van der Waals surface area contributed by atoms with E-state index < -0.39 is 0 Å². The normalized spacial score (nSPS) is 11.7. The second kappa shape index (κ2) is 5.59. The first-order valence-electron chi connectivity index (χ1n) is 3.35. The molecule has 1 aliphatic rings. The van der Waals surface area contributed by atoms with Gasteiger partial charge in [0.2, 0.25) is 0 Å². The molecule has 0 amide bonds. The van der Waals surface area contributed by atoms with Gasteiger partial charge in [0.25, 0.3) is 0 Å². The molecule has 1 heterocycles. The summed E-state index contributed by atoms with van der Waals surface area (Å²) in [5.74, 6) is 0.991. The summed E-state index contributed by atoms with van der Waals surface area (Å²) in [7, 11) is 0. The van der Waals surface area contributed by atoms with E-state index >= 15 is 0 Å². The minimum Gasteiger partial charge on any atom is -0.489 e. The van der Waals surface area contributed by atoms with Crippen molar-refractivity contribution in [3.63, 3.8) is 0 Å². The van der Waals surface area contributed by atoms with Crippen molar-refractivity contribution in [2.24, 2.45) is 0 Å². The van der Waals surface area contributed by atoms with Crippen LogP contribution in [0.3, 0.4) is 0 Å². The van der Waals surface area contributed by atoms with Crippen molar-refractivity contribution in [2.45, 2.75) is 0 Å². The van der Waals surface area contributed by atoms with E-state index in [-0.39, 0.29) is 38.1 Å². The maximum atomic E-state index is 5.34. The van der Waals surface area contributed by atoms with E-state index in [0.717, 1.165) is 5.75 Å². The molecule has 0 fully saturated rings. The van der Waals surface area contributed by atoms with Crippen LogP contribution in [-0.4, -0.2) is 6.61 Å². The molecule has 0 radical (unpaired) electrons. The third kappa shape index (κ3) is 2.48. The Morgan fingerprint density at radius 2 is 1.92 bits per heavy atom. The molecule has 0 saturated heterocycles. The van der Waals surface area contributed by atoms with Crippen LogP contribution in [-0.2, 0) is 38.1 Å². The SMILES string of the molecule is C1=Cc2ccccc2OC1.[Fe].[Mo]. The third-order valence-corrected chi connectivity index (χ3v) is 1.55. The molecule has 3 heteroatoms. The largest absolute Gasteiger partial charge is 0.489 e. The molecule has 0 N–H and O–H groups in total.